The first kappa shape index (κ1) is 17.0. The van der Waals surface area contributed by atoms with E-state index in [1.807, 2.05) is 0 Å². The summed E-state index contributed by atoms with van der Waals surface area (Å²) in [6.45, 7) is 9.53. The van der Waals surface area contributed by atoms with E-state index in [0.717, 1.165) is 10.4 Å². The van der Waals surface area contributed by atoms with E-state index in [1.54, 1.807) is 0 Å². The quantitative estimate of drug-likeness (QED) is 0.400. The molecule has 0 rings (SSSR count). The molecule has 0 saturated carbocycles. The van der Waals surface area contributed by atoms with Gasteiger partial charge in [-0.1, -0.05) is 52.4 Å². The van der Waals surface area contributed by atoms with Crippen molar-refractivity contribution in [2.24, 2.45) is 5.92 Å². The fraction of sp³-hybridized carbons (Fsp3) is 1.00. The van der Waals surface area contributed by atoms with E-state index >= 15 is 0 Å². The van der Waals surface area contributed by atoms with Gasteiger partial charge in [0, 0.05) is 5.92 Å². The van der Waals surface area contributed by atoms with Crippen molar-refractivity contribution in [3.8, 4) is 0 Å². The van der Waals surface area contributed by atoms with Gasteiger partial charge in [-0.05, 0) is 20.3 Å². The second-order valence-electron chi connectivity index (χ2n) is 7.12. The molecule has 1 unspecified atom stereocenters. The molecule has 0 aliphatic heterocycles. The van der Waals surface area contributed by atoms with Crippen LogP contribution in [0.25, 0.3) is 0 Å². The minimum atomic E-state index is 0.378. The van der Waals surface area contributed by atoms with Gasteiger partial charge in [-0.3, -0.25) is 0 Å². The number of quaternary nitrogens is 1. The third-order valence-electron chi connectivity index (χ3n) is 4.93. The van der Waals surface area contributed by atoms with Crippen molar-refractivity contribution >= 4 is 0 Å². The molecule has 0 aliphatic rings. The summed E-state index contributed by atoms with van der Waals surface area (Å²) >= 11 is 0. The second kappa shape index (κ2) is 7.41. The molecular weight excluding hydrogens is 206 g/mol. The van der Waals surface area contributed by atoms with Crippen LogP contribution < -0.4 is 0 Å². The highest BCUT2D eigenvalue weighted by Gasteiger charge is 2.37. The molecule has 0 aromatic rings. The third kappa shape index (κ3) is 5.90. The number of rotatable bonds is 9. The maximum Gasteiger partial charge on any atom is 0.0955 e. The molecule has 0 aromatic carbocycles. The smallest absolute Gasteiger partial charge is 0.0955 e. The minimum absolute atomic E-state index is 0.378. The van der Waals surface area contributed by atoms with E-state index in [4.69, 9.17) is 0 Å². The summed E-state index contributed by atoms with van der Waals surface area (Å²) in [7, 11) is 6.95. The van der Waals surface area contributed by atoms with Crippen molar-refractivity contribution in [2.75, 3.05) is 21.1 Å². The predicted molar refractivity (Wildman–Crippen MR) is 79.3 cm³/mol. The Morgan fingerprint density at radius 2 is 1.35 bits per heavy atom. The number of hydrogen-bond donors (Lipinski definition) is 0. The zero-order chi connectivity index (χ0) is 13.5. The Morgan fingerprint density at radius 1 is 0.882 bits per heavy atom. The molecule has 104 valence electrons. The number of unbranched alkanes of at least 4 members (excludes halogenated alkanes) is 5. The number of nitrogens with zero attached hydrogens (tertiary/aromatic N) is 1. The summed E-state index contributed by atoms with van der Waals surface area (Å²) in [4.78, 5) is 0. The van der Waals surface area contributed by atoms with Gasteiger partial charge in [-0.2, -0.15) is 0 Å². The molecule has 0 aromatic heterocycles. The van der Waals surface area contributed by atoms with Crippen LogP contribution >= 0.6 is 0 Å². The molecule has 0 amide bonds. The molecule has 0 saturated heterocycles. The van der Waals surface area contributed by atoms with Gasteiger partial charge < -0.3 is 4.48 Å². The van der Waals surface area contributed by atoms with Crippen molar-refractivity contribution in [3.63, 3.8) is 0 Å². The maximum absolute atomic E-state index is 2.43. The van der Waals surface area contributed by atoms with E-state index in [2.05, 4.69) is 48.8 Å². The van der Waals surface area contributed by atoms with Crippen molar-refractivity contribution in [1.29, 1.82) is 0 Å². The largest absolute Gasteiger partial charge is 0.326 e. The topological polar surface area (TPSA) is 0 Å². The molecule has 1 heteroatoms. The van der Waals surface area contributed by atoms with Gasteiger partial charge in [-0.25, -0.2) is 0 Å². The van der Waals surface area contributed by atoms with Crippen LogP contribution in [0.3, 0.4) is 0 Å². The Balaban J connectivity index is 3.82. The first-order valence-electron chi connectivity index (χ1n) is 7.55. The van der Waals surface area contributed by atoms with Gasteiger partial charge in [0.1, 0.15) is 0 Å². The van der Waals surface area contributed by atoms with Crippen molar-refractivity contribution in [1.82, 2.24) is 0 Å². The van der Waals surface area contributed by atoms with Crippen LogP contribution in [0, 0.1) is 5.92 Å². The highest BCUT2D eigenvalue weighted by Crippen LogP contribution is 2.30. The van der Waals surface area contributed by atoms with Crippen LogP contribution in [0.1, 0.15) is 72.6 Å². The second-order valence-corrected chi connectivity index (χ2v) is 7.12. The van der Waals surface area contributed by atoms with E-state index in [9.17, 15) is 0 Å². The Labute approximate surface area is 110 Å². The van der Waals surface area contributed by atoms with Crippen LogP contribution in [0.4, 0.5) is 0 Å². The first-order chi connectivity index (χ1) is 7.73. The van der Waals surface area contributed by atoms with E-state index < -0.39 is 0 Å². The zero-order valence-electron chi connectivity index (χ0n) is 13.5. The van der Waals surface area contributed by atoms with Crippen molar-refractivity contribution in [3.05, 3.63) is 0 Å². The van der Waals surface area contributed by atoms with Gasteiger partial charge >= 0.3 is 0 Å². The lowest BCUT2D eigenvalue weighted by molar-refractivity contribution is -0.924. The predicted octanol–water partition coefficient (Wildman–Crippen LogP) is 4.86. The summed E-state index contributed by atoms with van der Waals surface area (Å²) in [5, 5.41) is 0. The molecule has 0 aliphatic carbocycles. The molecule has 0 heterocycles. The molecule has 0 radical (unpaired) electrons. The Hall–Kier alpha value is -0.0400. The monoisotopic (exact) mass is 242 g/mol. The van der Waals surface area contributed by atoms with E-state index in [0.29, 0.717) is 5.54 Å². The van der Waals surface area contributed by atoms with Crippen LogP contribution in [0.15, 0.2) is 0 Å². The molecule has 0 fully saturated rings. The van der Waals surface area contributed by atoms with Crippen molar-refractivity contribution in [2.45, 2.75) is 78.2 Å². The summed E-state index contributed by atoms with van der Waals surface area (Å²) < 4.78 is 1.06. The number of hydrogen-bond acceptors (Lipinski definition) is 0. The Kier molecular flexibility index (Phi) is 7.39. The van der Waals surface area contributed by atoms with E-state index in [1.165, 1.54) is 44.9 Å². The van der Waals surface area contributed by atoms with Gasteiger partial charge in [0.2, 0.25) is 0 Å². The fourth-order valence-electron chi connectivity index (χ4n) is 2.25. The van der Waals surface area contributed by atoms with Crippen LogP contribution in [0.2, 0.25) is 0 Å². The zero-order valence-corrected chi connectivity index (χ0v) is 13.5. The lowest BCUT2D eigenvalue weighted by Crippen LogP contribution is -2.56. The summed E-state index contributed by atoms with van der Waals surface area (Å²) in [5.74, 6) is 0.800. The van der Waals surface area contributed by atoms with Gasteiger partial charge in [0.25, 0.3) is 0 Å². The average molecular weight is 242 g/mol. The Morgan fingerprint density at radius 3 is 1.82 bits per heavy atom. The molecule has 0 spiro atoms. The molecule has 1 atom stereocenters. The van der Waals surface area contributed by atoms with Crippen LogP contribution in [0.5, 0.6) is 0 Å². The normalized spacial score (nSPS) is 15.0. The standard InChI is InChI=1S/C16H36N/c1-8-9-10-11-12-13-14-15(2)16(3,4)17(5,6)7/h15H,8-14H2,1-7H3/q+1. The lowest BCUT2D eigenvalue weighted by Gasteiger charge is -2.45. The van der Waals surface area contributed by atoms with Crippen molar-refractivity contribution < 1.29 is 4.48 Å². The SMILES string of the molecule is CCCCCCCCC(C)C(C)(C)[N+](C)(C)C. The minimum Gasteiger partial charge on any atom is -0.326 e. The third-order valence-corrected chi connectivity index (χ3v) is 4.93. The lowest BCUT2D eigenvalue weighted by atomic mass is 9.82. The average Bonchev–Trinajstić information content (AvgIpc) is 2.21. The maximum atomic E-state index is 2.43. The fourth-order valence-corrected chi connectivity index (χ4v) is 2.25. The van der Waals surface area contributed by atoms with E-state index in [-0.39, 0.29) is 0 Å². The van der Waals surface area contributed by atoms with Crippen LogP contribution in [-0.4, -0.2) is 31.2 Å². The summed E-state index contributed by atoms with van der Waals surface area (Å²) in [6, 6.07) is 0. The summed E-state index contributed by atoms with van der Waals surface area (Å²) in [5.41, 5.74) is 0.378. The molecule has 1 nitrogen and oxygen atoms in total. The molecule has 17 heavy (non-hydrogen) atoms. The van der Waals surface area contributed by atoms with Gasteiger partial charge in [0.15, 0.2) is 0 Å². The summed E-state index contributed by atoms with van der Waals surface area (Å²) in [6.07, 6.45) is 9.86. The highest BCUT2D eigenvalue weighted by atomic mass is 15.3. The molecule has 0 N–H and O–H groups in total. The van der Waals surface area contributed by atoms with Crippen LogP contribution in [-0.2, 0) is 0 Å². The Bertz CT molecular complexity index is 188. The first-order valence-corrected chi connectivity index (χ1v) is 7.55. The molecule has 0 bridgehead atoms. The van der Waals surface area contributed by atoms with Gasteiger partial charge in [-0.15, -0.1) is 0 Å². The molecular formula is C16H36N+. The highest BCUT2D eigenvalue weighted by molar-refractivity contribution is 4.76. The van der Waals surface area contributed by atoms with Gasteiger partial charge in [0.05, 0.1) is 26.7 Å².